The van der Waals surface area contributed by atoms with Gasteiger partial charge in [0.1, 0.15) is 12.3 Å². The van der Waals surface area contributed by atoms with E-state index in [4.69, 9.17) is 32.7 Å². The molecule has 1 N–H and O–H groups in total. The van der Waals surface area contributed by atoms with Gasteiger partial charge in [0.15, 0.2) is 11.5 Å². The van der Waals surface area contributed by atoms with Gasteiger partial charge in [0, 0.05) is 27.7 Å². The van der Waals surface area contributed by atoms with Crippen LogP contribution in [0.2, 0.25) is 10.0 Å². The predicted molar refractivity (Wildman–Crippen MR) is 156 cm³/mol. The molecule has 200 valence electrons. The van der Waals surface area contributed by atoms with Gasteiger partial charge < -0.3 is 14.4 Å². The molecule has 5 aromatic rings. The lowest BCUT2D eigenvalue weighted by Crippen LogP contribution is -2.29. The molecule has 8 heteroatoms. The molecule has 0 spiro atoms. The minimum Gasteiger partial charge on any atom is -0.493 e. The highest BCUT2D eigenvalue weighted by molar-refractivity contribution is 6.31. The van der Waals surface area contributed by atoms with Crippen LogP contribution < -0.4 is 9.47 Å². The lowest BCUT2D eigenvalue weighted by molar-refractivity contribution is 0.0730. The Kier molecular flexibility index (Phi) is 7.20. The number of ether oxygens (including phenoxy) is 2. The van der Waals surface area contributed by atoms with Gasteiger partial charge in [-0.3, -0.25) is 9.89 Å². The number of methoxy groups -OCH3 is 1. The van der Waals surface area contributed by atoms with Gasteiger partial charge in [-0.25, -0.2) is 0 Å². The summed E-state index contributed by atoms with van der Waals surface area (Å²) < 4.78 is 11.8. The van der Waals surface area contributed by atoms with Crippen molar-refractivity contribution in [1.82, 2.24) is 15.1 Å². The van der Waals surface area contributed by atoms with Gasteiger partial charge >= 0.3 is 0 Å². The topological polar surface area (TPSA) is 67.5 Å². The van der Waals surface area contributed by atoms with Crippen molar-refractivity contribution in [3.63, 3.8) is 0 Å². The van der Waals surface area contributed by atoms with Crippen molar-refractivity contribution < 1.29 is 14.3 Å². The molecule has 0 radical (unpaired) electrons. The number of carbonyl (C=O) groups excluding carboxylic acids is 1. The van der Waals surface area contributed by atoms with Crippen molar-refractivity contribution in [2.45, 2.75) is 19.2 Å². The number of hydrogen-bond donors (Lipinski definition) is 1. The number of hydrogen-bond acceptors (Lipinski definition) is 4. The predicted octanol–water partition coefficient (Wildman–Crippen LogP) is 7.72. The Hall–Kier alpha value is -4.26. The molecule has 0 aliphatic carbocycles. The molecule has 0 fully saturated rings. The summed E-state index contributed by atoms with van der Waals surface area (Å²) >= 11 is 12.7. The number of benzene rings is 4. The minimum absolute atomic E-state index is 0.156. The van der Waals surface area contributed by atoms with Crippen molar-refractivity contribution >= 4 is 29.1 Å². The number of H-pyrrole nitrogens is 1. The Morgan fingerprint density at radius 2 is 1.65 bits per heavy atom. The van der Waals surface area contributed by atoms with Crippen molar-refractivity contribution in [3.05, 3.63) is 135 Å². The highest BCUT2D eigenvalue weighted by Crippen LogP contribution is 2.45. The largest absolute Gasteiger partial charge is 0.493 e. The van der Waals surface area contributed by atoms with Crippen LogP contribution in [0.15, 0.2) is 97.1 Å². The van der Waals surface area contributed by atoms with E-state index in [1.165, 1.54) is 0 Å². The molecule has 1 aromatic heterocycles. The maximum absolute atomic E-state index is 13.8. The number of fused-ring (bicyclic) bond motifs is 1. The van der Waals surface area contributed by atoms with Crippen LogP contribution in [0, 0.1) is 0 Å². The van der Waals surface area contributed by atoms with E-state index in [1.54, 1.807) is 7.11 Å². The summed E-state index contributed by atoms with van der Waals surface area (Å²) in [6.45, 7) is 0.726. The van der Waals surface area contributed by atoms with Crippen molar-refractivity contribution in [2.24, 2.45) is 0 Å². The van der Waals surface area contributed by atoms with E-state index in [0.29, 0.717) is 46.1 Å². The third kappa shape index (κ3) is 4.92. The van der Waals surface area contributed by atoms with E-state index in [2.05, 4.69) is 10.2 Å². The van der Waals surface area contributed by atoms with E-state index in [-0.39, 0.29) is 5.91 Å². The number of amides is 1. The number of carbonyl (C=O) groups is 1. The maximum atomic E-state index is 13.8. The zero-order chi connectivity index (χ0) is 27.6. The molecule has 0 saturated carbocycles. The molecule has 0 bridgehead atoms. The third-order valence-corrected chi connectivity index (χ3v) is 7.64. The average Bonchev–Trinajstić information content (AvgIpc) is 3.53. The highest BCUT2D eigenvalue weighted by Gasteiger charge is 2.42. The number of rotatable bonds is 8. The van der Waals surface area contributed by atoms with E-state index in [1.807, 2.05) is 102 Å². The number of nitrogens with zero attached hydrogens (tertiary/aromatic N) is 2. The maximum Gasteiger partial charge on any atom is 0.273 e. The molecule has 6 nitrogen and oxygen atoms in total. The molecule has 40 heavy (non-hydrogen) atoms. The van der Waals surface area contributed by atoms with Gasteiger partial charge in [-0.05, 0) is 47.0 Å². The van der Waals surface area contributed by atoms with E-state index in [0.717, 1.165) is 27.8 Å². The SMILES string of the molecule is COc1cc(C2c3c(-c4ccc(Cl)cc4)n[nH]c3C(=O)N2Cc2ccccc2Cl)ccc1OCc1ccccc1. The highest BCUT2D eigenvalue weighted by atomic mass is 35.5. The quantitative estimate of drug-likeness (QED) is 0.208. The molecule has 1 aliphatic heterocycles. The van der Waals surface area contributed by atoms with Crippen LogP contribution in [-0.4, -0.2) is 28.1 Å². The smallest absolute Gasteiger partial charge is 0.273 e. The summed E-state index contributed by atoms with van der Waals surface area (Å²) in [4.78, 5) is 15.6. The summed E-state index contributed by atoms with van der Waals surface area (Å²) in [6, 6.07) is 30.2. The lowest BCUT2D eigenvalue weighted by Gasteiger charge is -2.27. The molecule has 6 rings (SSSR count). The molecule has 1 aliphatic rings. The first-order valence-electron chi connectivity index (χ1n) is 12.8. The normalized spacial score (nSPS) is 14.3. The van der Waals surface area contributed by atoms with Crippen LogP contribution in [0.25, 0.3) is 11.3 Å². The van der Waals surface area contributed by atoms with E-state index < -0.39 is 6.04 Å². The number of halogens is 2. The first-order valence-corrected chi connectivity index (χ1v) is 13.5. The van der Waals surface area contributed by atoms with E-state index >= 15 is 0 Å². The third-order valence-electron chi connectivity index (χ3n) is 7.02. The first kappa shape index (κ1) is 26.0. The van der Waals surface area contributed by atoms with Crippen LogP contribution in [0.1, 0.15) is 38.8 Å². The molecular formula is C32H25Cl2N3O3. The van der Waals surface area contributed by atoms with Crippen LogP contribution in [-0.2, 0) is 13.2 Å². The van der Waals surface area contributed by atoms with Gasteiger partial charge in [-0.15, -0.1) is 0 Å². The minimum atomic E-state index is -0.444. The van der Waals surface area contributed by atoms with Crippen LogP contribution in [0.4, 0.5) is 0 Å². The molecular weight excluding hydrogens is 545 g/mol. The van der Waals surface area contributed by atoms with Gasteiger partial charge in [0.2, 0.25) is 0 Å². The van der Waals surface area contributed by atoms with E-state index in [9.17, 15) is 4.79 Å². The second kappa shape index (κ2) is 11.1. The van der Waals surface area contributed by atoms with Gasteiger partial charge in [0.25, 0.3) is 5.91 Å². The fraction of sp³-hybridized carbons (Fsp3) is 0.125. The second-order valence-corrected chi connectivity index (χ2v) is 10.3. The Morgan fingerprint density at radius 1 is 0.900 bits per heavy atom. The molecule has 4 aromatic carbocycles. The fourth-order valence-corrected chi connectivity index (χ4v) is 5.37. The Morgan fingerprint density at radius 3 is 2.40 bits per heavy atom. The molecule has 1 amide bonds. The number of aromatic nitrogens is 2. The van der Waals surface area contributed by atoms with Gasteiger partial charge in [0.05, 0.1) is 18.8 Å². The van der Waals surface area contributed by atoms with Crippen molar-refractivity contribution in [3.8, 4) is 22.8 Å². The van der Waals surface area contributed by atoms with Crippen LogP contribution in [0.3, 0.4) is 0 Å². The molecule has 1 unspecified atom stereocenters. The Bertz CT molecular complexity index is 1670. The number of nitrogens with one attached hydrogen (secondary N) is 1. The fourth-order valence-electron chi connectivity index (χ4n) is 5.05. The zero-order valence-electron chi connectivity index (χ0n) is 21.6. The van der Waals surface area contributed by atoms with Gasteiger partial charge in [-0.1, -0.05) is 89.9 Å². The first-order chi connectivity index (χ1) is 19.5. The summed E-state index contributed by atoms with van der Waals surface area (Å²) in [5.41, 5.74) is 5.55. The molecule has 0 saturated heterocycles. The average molecular weight is 570 g/mol. The second-order valence-electron chi connectivity index (χ2n) is 9.48. The van der Waals surface area contributed by atoms with Gasteiger partial charge in [-0.2, -0.15) is 5.10 Å². The van der Waals surface area contributed by atoms with Crippen molar-refractivity contribution in [1.29, 1.82) is 0 Å². The molecule has 2 heterocycles. The molecule has 1 atom stereocenters. The summed E-state index contributed by atoms with van der Waals surface area (Å²) in [5.74, 6) is 1.03. The summed E-state index contributed by atoms with van der Waals surface area (Å²) in [6.07, 6.45) is 0. The zero-order valence-corrected chi connectivity index (χ0v) is 23.1. The lowest BCUT2D eigenvalue weighted by atomic mass is 9.95. The summed E-state index contributed by atoms with van der Waals surface area (Å²) in [7, 11) is 1.61. The number of aromatic amines is 1. The van der Waals surface area contributed by atoms with Crippen LogP contribution >= 0.6 is 23.2 Å². The Balaban J connectivity index is 1.42. The monoisotopic (exact) mass is 569 g/mol. The van der Waals surface area contributed by atoms with Crippen LogP contribution in [0.5, 0.6) is 11.5 Å². The Labute approximate surface area is 242 Å². The summed E-state index contributed by atoms with van der Waals surface area (Å²) in [5, 5.41) is 8.77. The standard InChI is InChI=1S/C32H25Cl2N3O3/c1-39-27-17-22(13-16-26(27)40-19-20-7-3-2-4-8-20)31-28-29(21-11-14-24(33)15-12-21)35-36-30(28)32(38)37(31)18-23-9-5-6-10-25(23)34/h2-17,31H,18-19H2,1H3,(H,35,36). The van der Waals surface area contributed by atoms with Crippen molar-refractivity contribution in [2.75, 3.05) is 7.11 Å².